The summed E-state index contributed by atoms with van der Waals surface area (Å²) < 4.78 is 0. The lowest BCUT2D eigenvalue weighted by Gasteiger charge is -2.31. The van der Waals surface area contributed by atoms with Gasteiger partial charge in [0.25, 0.3) is 0 Å². The monoisotopic (exact) mass is 679 g/mol. The van der Waals surface area contributed by atoms with Gasteiger partial charge in [-0.3, -0.25) is 0 Å². The maximum atomic E-state index is 2.49. The van der Waals surface area contributed by atoms with E-state index >= 15 is 0 Å². The quantitative estimate of drug-likeness (QED) is 0.175. The first-order valence-electron chi connectivity index (χ1n) is 18.8. The highest BCUT2D eigenvalue weighted by Gasteiger charge is 2.37. The molecule has 1 heteroatoms. The van der Waals surface area contributed by atoms with Gasteiger partial charge in [0, 0.05) is 27.6 Å². The topological polar surface area (TPSA) is 3.24 Å². The van der Waals surface area contributed by atoms with Crippen LogP contribution in [0.15, 0.2) is 176 Å². The number of hydrogen-bond donors (Lipinski definition) is 0. The van der Waals surface area contributed by atoms with Crippen molar-refractivity contribution in [1.82, 2.24) is 0 Å². The summed E-state index contributed by atoms with van der Waals surface area (Å²) in [5.41, 5.74) is 19.0. The summed E-state index contributed by atoms with van der Waals surface area (Å²) in [6.45, 7) is 9.48. The van der Waals surface area contributed by atoms with Gasteiger partial charge < -0.3 is 4.90 Å². The summed E-state index contributed by atoms with van der Waals surface area (Å²) in [7, 11) is 0. The summed E-state index contributed by atoms with van der Waals surface area (Å²) in [5.74, 6) is 0. The molecule has 254 valence electrons. The number of anilines is 3. The average molecular weight is 680 g/mol. The van der Waals surface area contributed by atoms with E-state index in [0.29, 0.717) is 0 Å². The fourth-order valence-corrected chi connectivity index (χ4v) is 9.48. The number of nitrogens with zero attached hydrogens (tertiary/aromatic N) is 1. The van der Waals surface area contributed by atoms with Crippen molar-refractivity contribution in [3.8, 4) is 44.5 Å². The SMILES string of the molecule is CC1(C)c2ccccc2-c2ccc(N(c3ccccc3-c3ccccc3)c3ccccc3-c3ccc4c5c(ccc4c3)-c3ccccc3C5(C)C)cc21. The number of rotatable bonds is 5. The van der Waals surface area contributed by atoms with Gasteiger partial charge in [-0.2, -0.15) is 0 Å². The third kappa shape index (κ3) is 4.70. The first-order chi connectivity index (χ1) is 25.8. The van der Waals surface area contributed by atoms with Gasteiger partial charge in [-0.1, -0.05) is 173 Å². The zero-order valence-electron chi connectivity index (χ0n) is 30.7. The number of benzene rings is 8. The molecule has 0 amide bonds. The van der Waals surface area contributed by atoms with Crippen LogP contribution >= 0.6 is 0 Å². The van der Waals surface area contributed by atoms with Gasteiger partial charge in [0.05, 0.1) is 11.4 Å². The number of para-hydroxylation sites is 2. The zero-order valence-corrected chi connectivity index (χ0v) is 30.7. The molecule has 0 atom stereocenters. The van der Waals surface area contributed by atoms with Crippen molar-refractivity contribution in [2.45, 2.75) is 38.5 Å². The summed E-state index contributed by atoms with van der Waals surface area (Å²) in [6.07, 6.45) is 0. The predicted molar refractivity (Wildman–Crippen MR) is 225 cm³/mol. The van der Waals surface area contributed by atoms with Gasteiger partial charge in [0.15, 0.2) is 0 Å². The molecule has 2 aliphatic rings. The van der Waals surface area contributed by atoms with Gasteiger partial charge in [-0.05, 0) is 96.7 Å². The second-order valence-corrected chi connectivity index (χ2v) is 15.7. The Morgan fingerprint density at radius 2 is 0.887 bits per heavy atom. The summed E-state index contributed by atoms with van der Waals surface area (Å²) >= 11 is 0. The summed E-state index contributed by atoms with van der Waals surface area (Å²) in [4.78, 5) is 2.49. The molecule has 0 aromatic heterocycles. The fraction of sp³-hybridized carbons (Fsp3) is 0.115. The largest absolute Gasteiger partial charge is 0.309 e. The Morgan fingerprint density at radius 1 is 0.358 bits per heavy atom. The Labute approximate surface area is 312 Å². The van der Waals surface area contributed by atoms with Crippen LogP contribution in [0.1, 0.15) is 49.9 Å². The van der Waals surface area contributed by atoms with E-state index in [1.807, 2.05) is 0 Å². The molecule has 2 aliphatic carbocycles. The Kier molecular flexibility index (Phi) is 6.94. The van der Waals surface area contributed by atoms with Crippen LogP contribution in [0.3, 0.4) is 0 Å². The normalized spacial score (nSPS) is 14.3. The van der Waals surface area contributed by atoms with Crippen molar-refractivity contribution in [3.05, 3.63) is 198 Å². The van der Waals surface area contributed by atoms with Crippen LogP contribution in [-0.2, 0) is 10.8 Å². The van der Waals surface area contributed by atoms with Crippen molar-refractivity contribution in [3.63, 3.8) is 0 Å². The van der Waals surface area contributed by atoms with Crippen molar-refractivity contribution in [2.24, 2.45) is 0 Å². The molecule has 0 saturated heterocycles. The summed E-state index contributed by atoms with van der Waals surface area (Å²) in [5, 5.41) is 2.60. The van der Waals surface area contributed by atoms with Crippen LogP contribution in [0.4, 0.5) is 17.1 Å². The molecule has 8 aromatic rings. The van der Waals surface area contributed by atoms with Crippen LogP contribution < -0.4 is 4.90 Å². The maximum Gasteiger partial charge on any atom is 0.0540 e. The molecule has 53 heavy (non-hydrogen) atoms. The van der Waals surface area contributed by atoms with Crippen LogP contribution in [0.2, 0.25) is 0 Å². The van der Waals surface area contributed by atoms with Gasteiger partial charge in [0.2, 0.25) is 0 Å². The molecule has 0 radical (unpaired) electrons. The molecule has 1 nitrogen and oxygen atoms in total. The maximum absolute atomic E-state index is 2.49. The minimum absolute atomic E-state index is 0.0657. The Morgan fingerprint density at radius 3 is 1.58 bits per heavy atom. The molecule has 8 aromatic carbocycles. The van der Waals surface area contributed by atoms with E-state index in [1.165, 1.54) is 77.5 Å². The molecular weight excluding hydrogens is 639 g/mol. The molecule has 0 saturated carbocycles. The van der Waals surface area contributed by atoms with Crippen molar-refractivity contribution < 1.29 is 0 Å². The molecule has 0 heterocycles. The minimum atomic E-state index is -0.113. The van der Waals surface area contributed by atoms with Crippen LogP contribution in [0, 0.1) is 0 Å². The first-order valence-corrected chi connectivity index (χ1v) is 18.8. The van der Waals surface area contributed by atoms with Crippen LogP contribution in [0.5, 0.6) is 0 Å². The third-order valence-corrected chi connectivity index (χ3v) is 12.0. The van der Waals surface area contributed by atoms with Crippen molar-refractivity contribution in [2.75, 3.05) is 4.90 Å². The standard InChI is InChI=1S/C52H41N/c1-51(2)45-22-12-8-20-41(45)43-31-28-37(33-47(43)51)53(48-24-14-10-18-38(48)34-16-6-5-7-17-34)49-25-15-11-19-39(49)35-26-29-40-36(32-35)27-30-44-42-21-9-13-23-46(42)52(3,4)50(40)44/h5-33H,1-4H3. The lowest BCUT2D eigenvalue weighted by atomic mass is 9.80. The Balaban J connectivity index is 1.18. The number of hydrogen-bond acceptors (Lipinski definition) is 1. The molecular formula is C52H41N. The second-order valence-electron chi connectivity index (χ2n) is 15.7. The molecule has 0 fully saturated rings. The molecule has 0 bridgehead atoms. The highest BCUT2D eigenvalue weighted by Crippen LogP contribution is 2.54. The third-order valence-electron chi connectivity index (χ3n) is 12.0. The minimum Gasteiger partial charge on any atom is -0.309 e. The van der Waals surface area contributed by atoms with Gasteiger partial charge in [-0.25, -0.2) is 0 Å². The Hall–Kier alpha value is -6.18. The predicted octanol–water partition coefficient (Wildman–Crippen LogP) is 14.3. The van der Waals surface area contributed by atoms with Gasteiger partial charge >= 0.3 is 0 Å². The fourth-order valence-electron chi connectivity index (χ4n) is 9.48. The van der Waals surface area contributed by atoms with Gasteiger partial charge in [-0.15, -0.1) is 0 Å². The molecule has 0 spiro atoms. The lowest BCUT2D eigenvalue weighted by Crippen LogP contribution is -2.17. The van der Waals surface area contributed by atoms with Crippen molar-refractivity contribution >= 4 is 27.8 Å². The highest BCUT2D eigenvalue weighted by molar-refractivity contribution is 6.01. The van der Waals surface area contributed by atoms with E-state index in [9.17, 15) is 0 Å². The van der Waals surface area contributed by atoms with E-state index in [0.717, 1.165) is 17.1 Å². The van der Waals surface area contributed by atoms with E-state index < -0.39 is 0 Å². The number of fused-ring (bicyclic) bond motifs is 8. The smallest absolute Gasteiger partial charge is 0.0540 e. The van der Waals surface area contributed by atoms with Crippen LogP contribution in [0.25, 0.3) is 55.3 Å². The highest BCUT2D eigenvalue weighted by atomic mass is 15.1. The van der Waals surface area contributed by atoms with Crippen molar-refractivity contribution in [1.29, 1.82) is 0 Å². The molecule has 0 unspecified atom stereocenters. The summed E-state index contributed by atoms with van der Waals surface area (Å²) in [6, 6.07) is 65.2. The van der Waals surface area contributed by atoms with E-state index in [2.05, 4.69) is 209 Å². The Bertz CT molecular complexity index is 2730. The lowest BCUT2D eigenvalue weighted by molar-refractivity contribution is 0.660. The first kappa shape index (κ1) is 31.5. The van der Waals surface area contributed by atoms with Crippen LogP contribution in [-0.4, -0.2) is 0 Å². The van der Waals surface area contributed by atoms with E-state index in [-0.39, 0.29) is 10.8 Å². The second kappa shape index (κ2) is 11.7. The van der Waals surface area contributed by atoms with E-state index in [4.69, 9.17) is 0 Å². The zero-order chi connectivity index (χ0) is 35.9. The molecule has 0 N–H and O–H groups in total. The molecule has 10 rings (SSSR count). The van der Waals surface area contributed by atoms with Gasteiger partial charge in [0.1, 0.15) is 0 Å². The molecule has 0 aliphatic heterocycles. The average Bonchev–Trinajstić information content (AvgIpc) is 3.58. The van der Waals surface area contributed by atoms with E-state index in [1.54, 1.807) is 0 Å².